The minimum atomic E-state index is 0.344. The quantitative estimate of drug-likeness (QED) is 0.400. The molecule has 0 spiro atoms. The molecule has 0 aliphatic carbocycles. The number of methoxy groups -OCH3 is 2. The van der Waals surface area contributed by atoms with Gasteiger partial charge in [0, 0.05) is 69.9 Å². The number of aryl methyl sites for hydroxylation is 2. The number of hydrogen-bond donors (Lipinski definition) is 2. The number of ether oxygens (including phenoxy) is 2. The van der Waals surface area contributed by atoms with Gasteiger partial charge in [-0.25, -0.2) is 0 Å². The molecule has 2 aromatic rings. The van der Waals surface area contributed by atoms with Crippen molar-refractivity contribution < 1.29 is 9.47 Å². The molecule has 1 aromatic heterocycles. The van der Waals surface area contributed by atoms with E-state index in [0.717, 1.165) is 62.0 Å². The lowest BCUT2D eigenvalue weighted by molar-refractivity contribution is 0.394. The zero-order valence-corrected chi connectivity index (χ0v) is 17.8. The average molecular weight is 401 g/mol. The number of aliphatic imine (C=N–C) groups is 1. The van der Waals surface area contributed by atoms with E-state index in [1.54, 1.807) is 14.2 Å². The van der Waals surface area contributed by atoms with Gasteiger partial charge in [-0.15, -0.1) is 0 Å². The third-order valence-electron chi connectivity index (χ3n) is 5.15. The summed E-state index contributed by atoms with van der Waals surface area (Å²) in [7, 11) is 7.11. The van der Waals surface area contributed by atoms with Crippen LogP contribution in [0.1, 0.15) is 18.4 Å². The Kier molecular flexibility index (Phi) is 7.21. The Labute approximate surface area is 172 Å². The van der Waals surface area contributed by atoms with Gasteiger partial charge < -0.3 is 25.0 Å². The maximum atomic E-state index is 5.40. The van der Waals surface area contributed by atoms with E-state index in [1.165, 1.54) is 5.56 Å². The van der Waals surface area contributed by atoms with Gasteiger partial charge in [-0.05, 0) is 24.8 Å². The topological polar surface area (TPSA) is 75.9 Å². The van der Waals surface area contributed by atoms with Crippen LogP contribution in [-0.2, 0) is 13.5 Å². The highest BCUT2D eigenvalue weighted by Crippen LogP contribution is 2.30. The Morgan fingerprint density at radius 2 is 2.00 bits per heavy atom. The van der Waals surface area contributed by atoms with Crippen LogP contribution in [0.5, 0.6) is 11.5 Å². The SMILES string of the molecule is CN=C(NCCCc1cnn(C)c1)NC1CCN(c2cc(OC)cc(OC)c2)C1. The number of guanidine groups is 1. The normalized spacial score (nSPS) is 16.8. The molecule has 0 saturated carbocycles. The molecule has 8 heteroatoms. The van der Waals surface area contributed by atoms with Gasteiger partial charge >= 0.3 is 0 Å². The van der Waals surface area contributed by atoms with Gasteiger partial charge in [-0.2, -0.15) is 5.10 Å². The van der Waals surface area contributed by atoms with Gasteiger partial charge in [0.1, 0.15) is 11.5 Å². The lowest BCUT2D eigenvalue weighted by atomic mass is 10.2. The van der Waals surface area contributed by atoms with E-state index in [1.807, 2.05) is 31.0 Å². The van der Waals surface area contributed by atoms with Crippen LogP contribution in [-0.4, -0.2) is 62.7 Å². The molecule has 1 unspecified atom stereocenters. The first-order chi connectivity index (χ1) is 14.1. The van der Waals surface area contributed by atoms with Gasteiger partial charge in [0.05, 0.1) is 20.4 Å². The lowest BCUT2D eigenvalue weighted by Gasteiger charge is -2.21. The van der Waals surface area contributed by atoms with Crippen molar-refractivity contribution in [3.63, 3.8) is 0 Å². The second-order valence-electron chi connectivity index (χ2n) is 7.27. The molecule has 1 aromatic carbocycles. The fourth-order valence-electron chi connectivity index (χ4n) is 3.58. The van der Waals surface area contributed by atoms with Crippen LogP contribution >= 0.6 is 0 Å². The fraction of sp³-hybridized carbons (Fsp3) is 0.524. The van der Waals surface area contributed by atoms with Gasteiger partial charge in [0.2, 0.25) is 0 Å². The van der Waals surface area contributed by atoms with E-state index < -0.39 is 0 Å². The number of rotatable bonds is 8. The fourth-order valence-corrected chi connectivity index (χ4v) is 3.58. The third-order valence-corrected chi connectivity index (χ3v) is 5.15. The van der Waals surface area contributed by atoms with Crippen LogP contribution in [0.25, 0.3) is 0 Å². The van der Waals surface area contributed by atoms with Gasteiger partial charge in [-0.1, -0.05) is 0 Å². The van der Waals surface area contributed by atoms with Crippen molar-refractivity contribution in [2.45, 2.75) is 25.3 Å². The molecule has 2 N–H and O–H groups in total. The third kappa shape index (κ3) is 5.79. The van der Waals surface area contributed by atoms with Crippen molar-refractivity contribution in [1.82, 2.24) is 20.4 Å². The minimum Gasteiger partial charge on any atom is -0.497 e. The molecule has 3 rings (SSSR count). The van der Waals surface area contributed by atoms with E-state index in [-0.39, 0.29) is 0 Å². The van der Waals surface area contributed by atoms with Crippen molar-refractivity contribution in [3.05, 3.63) is 36.2 Å². The largest absolute Gasteiger partial charge is 0.497 e. The van der Waals surface area contributed by atoms with Crippen molar-refractivity contribution in [2.75, 3.05) is 45.8 Å². The standard InChI is InChI=1S/C21H32N6O2/c1-22-21(23-8-5-6-16-13-24-26(2)14-16)25-17-7-9-27(15-17)18-10-19(28-3)12-20(11-18)29-4/h10-14,17H,5-9,15H2,1-4H3,(H2,22,23,25). The minimum absolute atomic E-state index is 0.344. The smallest absolute Gasteiger partial charge is 0.191 e. The molecular weight excluding hydrogens is 368 g/mol. The summed E-state index contributed by atoms with van der Waals surface area (Å²) in [6.07, 6.45) is 7.08. The van der Waals surface area contributed by atoms with E-state index in [9.17, 15) is 0 Å². The first-order valence-corrected chi connectivity index (χ1v) is 10.0. The molecule has 0 bridgehead atoms. The molecule has 1 saturated heterocycles. The molecule has 1 atom stereocenters. The van der Waals surface area contributed by atoms with Crippen LogP contribution in [0.2, 0.25) is 0 Å². The van der Waals surface area contributed by atoms with Crippen molar-refractivity contribution in [1.29, 1.82) is 0 Å². The van der Waals surface area contributed by atoms with Crippen LogP contribution in [0, 0.1) is 0 Å². The molecule has 2 heterocycles. The summed E-state index contributed by atoms with van der Waals surface area (Å²) in [4.78, 5) is 6.72. The molecule has 8 nitrogen and oxygen atoms in total. The summed E-state index contributed by atoms with van der Waals surface area (Å²) in [5.41, 5.74) is 2.38. The Bertz CT molecular complexity index is 797. The van der Waals surface area contributed by atoms with Crippen LogP contribution in [0.3, 0.4) is 0 Å². The Morgan fingerprint density at radius 3 is 2.62 bits per heavy atom. The molecular formula is C21H32N6O2. The number of anilines is 1. The molecule has 1 aliphatic rings. The molecule has 29 heavy (non-hydrogen) atoms. The Balaban J connectivity index is 1.46. The predicted octanol–water partition coefficient (Wildman–Crippen LogP) is 1.81. The van der Waals surface area contributed by atoms with Crippen LogP contribution < -0.4 is 25.0 Å². The summed E-state index contributed by atoms with van der Waals surface area (Å²) in [6.45, 7) is 2.76. The highest BCUT2D eigenvalue weighted by Gasteiger charge is 2.24. The molecule has 0 radical (unpaired) electrons. The second-order valence-corrected chi connectivity index (χ2v) is 7.27. The van der Waals surface area contributed by atoms with E-state index in [2.05, 4.69) is 44.0 Å². The second kappa shape index (κ2) is 10.0. The predicted molar refractivity (Wildman–Crippen MR) is 116 cm³/mol. The number of nitrogens with one attached hydrogen (secondary N) is 2. The number of aromatic nitrogens is 2. The number of nitrogens with zero attached hydrogens (tertiary/aromatic N) is 4. The van der Waals surface area contributed by atoms with Crippen LogP contribution in [0.15, 0.2) is 35.6 Å². The first kappa shape index (κ1) is 20.8. The molecule has 1 aliphatic heterocycles. The maximum absolute atomic E-state index is 5.40. The summed E-state index contributed by atoms with van der Waals surface area (Å²) in [5, 5.41) is 11.2. The van der Waals surface area contributed by atoms with E-state index >= 15 is 0 Å². The van der Waals surface area contributed by atoms with E-state index in [0.29, 0.717) is 6.04 Å². The number of hydrogen-bond acceptors (Lipinski definition) is 5. The molecule has 158 valence electrons. The number of benzene rings is 1. The summed E-state index contributed by atoms with van der Waals surface area (Å²) < 4.78 is 12.6. The van der Waals surface area contributed by atoms with Crippen molar-refractivity contribution in [2.24, 2.45) is 12.0 Å². The zero-order chi connectivity index (χ0) is 20.6. The van der Waals surface area contributed by atoms with Crippen LogP contribution in [0.4, 0.5) is 5.69 Å². The van der Waals surface area contributed by atoms with E-state index in [4.69, 9.17) is 9.47 Å². The highest BCUT2D eigenvalue weighted by atomic mass is 16.5. The Hall–Kier alpha value is -2.90. The van der Waals surface area contributed by atoms with Gasteiger partial charge in [0.15, 0.2) is 5.96 Å². The zero-order valence-electron chi connectivity index (χ0n) is 17.8. The molecule has 1 fully saturated rings. The van der Waals surface area contributed by atoms with Crippen molar-refractivity contribution in [3.8, 4) is 11.5 Å². The average Bonchev–Trinajstić information content (AvgIpc) is 3.38. The maximum Gasteiger partial charge on any atom is 0.191 e. The lowest BCUT2D eigenvalue weighted by Crippen LogP contribution is -2.44. The first-order valence-electron chi connectivity index (χ1n) is 10.0. The summed E-state index contributed by atoms with van der Waals surface area (Å²) in [5.74, 6) is 2.47. The summed E-state index contributed by atoms with van der Waals surface area (Å²) in [6, 6.07) is 6.34. The van der Waals surface area contributed by atoms with Gasteiger partial charge in [-0.3, -0.25) is 9.67 Å². The monoisotopic (exact) mass is 400 g/mol. The Morgan fingerprint density at radius 1 is 1.24 bits per heavy atom. The van der Waals surface area contributed by atoms with Gasteiger partial charge in [0.25, 0.3) is 0 Å². The molecule has 0 amide bonds. The summed E-state index contributed by atoms with van der Waals surface area (Å²) >= 11 is 0. The van der Waals surface area contributed by atoms with Crippen molar-refractivity contribution >= 4 is 11.6 Å². The highest BCUT2D eigenvalue weighted by molar-refractivity contribution is 5.80.